The van der Waals surface area contributed by atoms with Gasteiger partial charge in [0.2, 0.25) is 11.8 Å². The number of benzene rings is 1. The SMILES string of the molecule is Cc1ccc(C)c(C(C(=O)NC(C)(C)C)N(CC#N)C(=O)C(CO)NC(=O)OC(C)(C)C)c1. The molecular formula is C24H36N4O5. The first kappa shape index (κ1) is 27.9. The smallest absolute Gasteiger partial charge is 0.408 e. The van der Waals surface area contributed by atoms with Gasteiger partial charge in [-0.05, 0) is 66.5 Å². The molecule has 1 rings (SSSR count). The number of alkyl carbamates (subject to hydrolysis) is 1. The zero-order valence-electron chi connectivity index (χ0n) is 20.8. The van der Waals surface area contributed by atoms with E-state index in [1.165, 1.54) is 0 Å². The standard InChI is InChI=1S/C24H36N4O5/c1-15-9-10-16(2)17(13-15)19(20(30)27-23(3,4)5)28(12-11-25)21(31)18(14-29)26-22(32)33-24(6,7)8/h9-10,13,18-19,29H,12,14H2,1-8H3,(H,26,32)(H,27,30). The van der Waals surface area contributed by atoms with E-state index in [0.29, 0.717) is 5.56 Å². The van der Waals surface area contributed by atoms with Crippen LogP contribution in [0.5, 0.6) is 0 Å². The molecule has 33 heavy (non-hydrogen) atoms. The van der Waals surface area contributed by atoms with E-state index in [1.807, 2.05) is 52.8 Å². The van der Waals surface area contributed by atoms with E-state index in [9.17, 15) is 24.8 Å². The molecule has 0 aliphatic rings. The van der Waals surface area contributed by atoms with Crippen LogP contribution >= 0.6 is 0 Å². The number of amides is 3. The molecule has 0 heterocycles. The van der Waals surface area contributed by atoms with Gasteiger partial charge in [-0.3, -0.25) is 9.59 Å². The third kappa shape index (κ3) is 8.73. The average Bonchev–Trinajstić information content (AvgIpc) is 2.65. The summed E-state index contributed by atoms with van der Waals surface area (Å²) in [5.74, 6) is -1.26. The van der Waals surface area contributed by atoms with E-state index >= 15 is 0 Å². The van der Waals surface area contributed by atoms with E-state index in [2.05, 4.69) is 10.6 Å². The molecular weight excluding hydrogens is 424 g/mol. The van der Waals surface area contributed by atoms with Crippen LogP contribution in [-0.4, -0.2) is 58.2 Å². The summed E-state index contributed by atoms with van der Waals surface area (Å²) in [4.78, 5) is 40.1. The fourth-order valence-corrected chi connectivity index (χ4v) is 3.15. The number of aliphatic hydroxyl groups excluding tert-OH is 1. The summed E-state index contributed by atoms with van der Waals surface area (Å²) in [6.07, 6.45) is -0.894. The summed E-state index contributed by atoms with van der Waals surface area (Å²) < 4.78 is 5.18. The molecule has 2 atom stereocenters. The Bertz CT molecular complexity index is 909. The summed E-state index contributed by atoms with van der Waals surface area (Å²) in [5, 5.41) is 24.5. The van der Waals surface area contributed by atoms with Gasteiger partial charge in [0.05, 0.1) is 12.7 Å². The summed E-state index contributed by atoms with van der Waals surface area (Å²) >= 11 is 0. The number of nitriles is 1. The predicted molar refractivity (Wildman–Crippen MR) is 124 cm³/mol. The fourth-order valence-electron chi connectivity index (χ4n) is 3.15. The van der Waals surface area contributed by atoms with Crippen molar-refractivity contribution in [1.29, 1.82) is 5.26 Å². The Morgan fingerprint density at radius 2 is 1.76 bits per heavy atom. The maximum Gasteiger partial charge on any atom is 0.408 e. The zero-order chi connectivity index (χ0) is 25.6. The van der Waals surface area contributed by atoms with Crippen molar-refractivity contribution in [3.63, 3.8) is 0 Å². The molecule has 9 heteroatoms. The van der Waals surface area contributed by atoms with Crippen molar-refractivity contribution in [2.45, 2.75) is 78.6 Å². The average molecular weight is 461 g/mol. The highest BCUT2D eigenvalue weighted by atomic mass is 16.6. The van der Waals surface area contributed by atoms with Gasteiger partial charge < -0.3 is 25.4 Å². The third-order valence-corrected chi connectivity index (χ3v) is 4.48. The summed E-state index contributed by atoms with van der Waals surface area (Å²) in [6, 6.07) is 4.88. The second-order valence-corrected chi connectivity index (χ2v) is 10.0. The molecule has 9 nitrogen and oxygen atoms in total. The van der Waals surface area contributed by atoms with E-state index in [0.717, 1.165) is 16.0 Å². The maximum atomic E-state index is 13.4. The molecule has 0 aliphatic heterocycles. The monoisotopic (exact) mass is 460 g/mol. The Balaban J connectivity index is 3.46. The van der Waals surface area contributed by atoms with Crippen molar-refractivity contribution in [1.82, 2.24) is 15.5 Å². The van der Waals surface area contributed by atoms with Crippen LogP contribution in [0.4, 0.5) is 4.79 Å². The second kappa shape index (κ2) is 11.1. The Morgan fingerprint density at radius 3 is 2.24 bits per heavy atom. The van der Waals surface area contributed by atoms with Gasteiger partial charge in [0.1, 0.15) is 24.2 Å². The molecule has 0 fully saturated rings. The fraction of sp³-hybridized carbons (Fsp3) is 0.583. The normalized spacial score (nSPS) is 13.3. The van der Waals surface area contributed by atoms with Gasteiger partial charge in [-0.25, -0.2) is 4.79 Å². The molecule has 0 spiro atoms. The van der Waals surface area contributed by atoms with Crippen molar-refractivity contribution >= 4 is 17.9 Å². The van der Waals surface area contributed by atoms with Crippen molar-refractivity contribution in [3.8, 4) is 6.07 Å². The second-order valence-electron chi connectivity index (χ2n) is 10.0. The molecule has 3 N–H and O–H groups in total. The number of hydrogen-bond donors (Lipinski definition) is 3. The van der Waals surface area contributed by atoms with Gasteiger partial charge in [-0.1, -0.05) is 23.8 Å². The van der Waals surface area contributed by atoms with Crippen LogP contribution in [0.25, 0.3) is 0 Å². The maximum absolute atomic E-state index is 13.4. The number of aliphatic hydroxyl groups is 1. The van der Waals surface area contributed by atoms with Gasteiger partial charge in [-0.2, -0.15) is 5.26 Å². The van der Waals surface area contributed by atoms with Crippen LogP contribution in [0.2, 0.25) is 0 Å². The van der Waals surface area contributed by atoms with E-state index in [-0.39, 0.29) is 0 Å². The van der Waals surface area contributed by atoms with Crippen LogP contribution < -0.4 is 10.6 Å². The number of nitrogens with one attached hydrogen (secondary N) is 2. The van der Waals surface area contributed by atoms with E-state index in [4.69, 9.17) is 4.74 Å². The molecule has 3 amide bonds. The van der Waals surface area contributed by atoms with E-state index < -0.39 is 54.3 Å². The van der Waals surface area contributed by atoms with Crippen molar-refractivity contribution < 1.29 is 24.2 Å². The van der Waals surface area contributed by atoms with Crippen LogP contribution in [0.3, 0.4) is 0 Å². The molecule has 0 saturated carbocycles. The molecule has 1 aromatic carbocycles. The number of rotatable bonds is 7. The quantitative estimate of drug-likeness (QED) is 0.536. The number of hydrogen-bond acceptors (Lipinski definition) is 6. The highest BCUT2D eigenvalue weighted by molar-refractivity contribution is 5.92. The Morgan fingerprint density at radius 1 is 1.15 bits per heavy atom. The summed E-state index contributed by atoms with van der Waals surface area (Å²) in [6.45, 7) is 12.9. The van der Waals surface area contributed by atoms with Gasteiger partial charge in [0.15, 0.2) is 0 Å². The first-order chi connectivity index (χ1) is 15.1. The topological polar surface area (TPSA) is 132 Å². The molecule has 2 unspecified atom stereocenters. The Hall–Kier alpha value is -3.12. The predicted octanol–water partition coefficient (Wildman–Crippen LogP) is 2.50. The van der Waals surface area contributed by atoms with Crippen molar-refractivity contribution in [2.75, 3.05) is 13.2 Å². The highest BCUT2D eigenvalue weighted by Crippen LogP contribution is 2.27. The molecule has 0 radical (unpaired) electrons. The molecule has 0 bridgehead atoms. The lowest BCUT2D eigenvalue weighted by molar-refractivity contribution is -0.143. The third-order valence-electron chi connectivity index (χ3n) is 4.48. The van der Waals surface area contributed by atoms with Crippen molar-refractivity contribution in [2.24, 2.45) is 0 Å². The van der Waals surface area contributed by atoms with Crippen molar-refractivity contribution in [3.05, 3.63) is 34.9 Å². The minimum Gasteiger partial charge on any atom is -0.444 e. The lowest BCUT2D eigenvalue weighted by atomic mass is 9.95. The lowest BCUT2D eigenvalue weighted by Crippen LogP contribution is -2.55. The first-order valence-electron chi connectivity index (χ1n) is 10.8. The summed E-state index contributed by atoms with van der Waals surface area (Å²) in [7, 11) is 0. The zero-order valence-corrected chi connectivity index (χ0v) is 20.8. The lowest BCUT2D eigenvalue weighted by Gasteiger charge is -2.35. The highest BCUT2D eigenvalue weighted by Gasteiger charge is 2.37. The van der Waals surface area contributed by atoms with Gasteiger partial charge >= 0.3 is 6.09 Å². The van der Waals surface area contributed by atoms with Crippen LogP contribution in [0.15, 0.2) is 18.2 Å². The summed E-state index contributed by atoms with van der Waals surface area (Å²) in [5.41, 5.74) is 0.770. The number of carbonyl (C=O) groups is 3. The Kier molecular flexibility index (Phi) is 9.43. The van der Waals surface area contributed by atoms with Crippen LogP contribution in [-0.2, 0) is 14.3 Å². The van der Waals surface area contributed by atoms with Crippen LogP contribution in [0.1, 0.15) is 64.3 Å². The van der Waals surface area contributed by atoms with E-state index in [1.54, 1.807) is 26.8 Å². The van der Waals surface area contributed by atoms with Crippen LogP contribution in [0, 0.1) is 25.2 Å². The van der Waals surface area contributed by atoms with Gasteiger partial charge in [-0.15, -0.1) is 0 Å². The number of aryl methyl sites for hydroxylation is 2. The molecule has 0 saturated heterocycles. The molecule has 0 aromatic heterocycles. The molecule has 182 valence electrons. The number of nitrogens with zero attached hydrogens (tertiary/aromatic N) is 2. The van der Waals surface area contributed by atoms with Gasteiger partial charge in [0.25, 0.3) is 0 Å². The number of ether oxygens (including phenoxy) is 1. The first-order valence-corrected chi connectivity index (χ1v) is 10.8. The largest absolute Gasteiger partial charge is 0.444 e. The minimum atomic E-state index is -1.40. The minimum absolute atomic E-state index is 0.430. The number of carbonyl (C=O) groups excluding carboxylic acids is 3. The molecule has 1 aromatic rings. The van der Waals surface area contributed by atoms with Gasteiger partial charge in [0, 0.05) is 5.54 Å². The Labute approximate surface area is 196 Å². The molecule has 0 aliphatic carbocycles.